The van der Waals surface area contributed by atoms with E-state index in [0.29, 0.717) is 11.5 Å². The summed E-state index contributed by atoms with van der Waals surface area (Å²) in [5.41, 5.74) is 2.85. The van der Waals surface area contributed by atoms with Crippen LogP contribution in [0.3, 0.4) is 0 Å². The first-order chi connectivity index (χ1) is 18.1. The number of benzene rings is 3. The molecule has 1 N–H and O–H groups in total. The average Bonchev–Trinajstić information content (AvgIpc) is 3.37. The number of amides is 1. The van der Waals surface area contributed by atoms with Gasteiger partial charge in [-0.15, -0.1) is 0 Å². The minimum absolute atomic E-state index is 0.0925. The van der Waals surface area contributed by atoms with Gasteiger partial charge in [-0.1, -0.05) is 24.3 Å². The molecule has 1 aliphatic heterocycles. The van der Waals surface area contributed by atoms with Gasteiger partial charge in [0.25, 0.3) is 0 Å². The molecule has 7 nitrogen and oxygen atoms in total. The number of anilines is 2. The van der Waals surface area contributed by atoms with E-state index in [2.05, 4.69) is 51.5 Å². The maximum atomic E-state index is 12.6. The highest BCUT2D eigenvalue weighted by molar-refractivity contribution is 7.13. The lowest BCUT2D eigenvalue weighted by Gasteiger charge is -2.35. The van der Waals surface area contributed by atoms with Gasteiger partial charge in [-0.05, 0) is 66.0 Å². The van der Waals surface area contributed by atoms with Crippen LogP contribution in [0.25, 0.3) is 10.1 Å². The second kappa shape index (κ2) is 11.6. The lowest BCUT2D eigenvalue weighted by molar-refractivity contribution is -0.115. The molecule has 37 heavy (non-hydrogen) atoms. The monoisotopic (exact) mass is 516 g/mol. The minimum atomic E-state index is -0.0925. The molecule has 0 atom stereocenters. The highest BCUT2D eigenvalue weighted by atomic mass is 32.1. The average molecular weight is 517 g/mol. The zero-order valence-electron chi connectivity index (χ0n) is 21.3. The van der Waals surface area contributed by atoms with Crippen molar-refractivity contribution >= 4 is 39.0 Å². The van der Waals surface area contributed by atoms with E-state index in [4.69, 9.17) is 13.8 Å². The quantitative estimate of drug-likeness (QED) is 0.343. The van der Waals surface area contributed by atoms with Crippen LogP contribution in [0, 0.1) is 0 Å². The van der Waals surface area contributed by atoms with Crippen LogP contribution in [0.5, 0.6) is 11.5 Å². The fourth-order valence-electron chi connectivity index (χ4n) is 4.72. The Kier molecular flexibility index (Phi) is 7.87. The van der Waals surface area contributed by atoms with Crippen molar-refractivity contribution in [3.8, 4) is 11.5 Å². The summed E-state index contributed by atoms with van der Waals surface area (Å²) in [5, 5.41) is 4.25. The smallest absolute Gasteiger partial charge is 0.228 e. The van der Waals surface area contributed by atoms with E-state index in [1.54, 1.807) is 25.8 Å². The number of carbonyl (C=O) groups excluding carboxylic acids is 1. The van der Waals surface area contributed by atoms with E-state index in [1.165, 1.54) is 15.6 Å². The third-order valence-corrected chi connectivity index (χ3v) is 7.64. The molecular weight excluding hydrogens is 484 g/mol. The first kappa shape index (κ1) is 25.0. The molecule has 8 heteroatoms. The number of nitrogens with zero attached hydrogens (tertiary/aromatic N) is 3. The van der Waals surface area contributed by atoms with Crippen LogP contribution in [0.2, 0.25) is 0 Å². The molecule has 0 saturated carbocycles. The number of piperazine rings is 1. The standard InChI is InChI=1S/C29H32N4O3S/c1-35-24-11-12-26(36-2)22(19-24)20-28(34)30-23-9-7-21(8-10-23)13-14-32-15-17-33(18-16-32)29-25-5-3-4-6-27(25)37-31-29/h3-12,19H,13-18,20H2,1-2H3,(H,30,34). The maximum absolute atomic E-state index is 12.6. The molecule has 0 aliphatic carbocycles. The number of methoxy groups -OCH3 is 2. The number of carbonyl (C=O) groups is 1. The third-order valence-electron chi connectivity index (χ3n) is 6.82. The van der Waals surface area contributed by atoms with Gasteiger partial charge in [-0.3, -0.25) is 9.69 Å². The van der Waals surface area contributed by atoms with Crippen molar-refractivity contribution in [2.24, 2.45) is 0 Å². The Morgan fingerprint density at radius 2 is 1.76 bits per heavy atom. The molecule has 1 aliphatic rings. The number of hydrogen-bond acceptors (Lipinski definition) is 7. The van der Waals surface area contributed by atoms with Crippen LogP contribution in [0.15, 0.2) is 66.7 Å². The Morgan fingerprint density at radius 3 is 2.51 bits per heavy atom. The SMILES string of the molecule is COc1ccc(OC)c(CC(=O)Nc2ccc(CCN3CCN(c4nsc5ccccc45)CC3)cc2)c1. The minimum Gasteiger partial charge on any atom is -0.497 e. The number of hydrogen-bond donors (Lipinski definition) is 1. The third kappa shape index (κ3) is 6.03. The summed E-state index contributed by atoms with van der Waals surface area (Å²) in [5.74, 6) is 2.41. The number of fused-ring (bicyclic) bond motifs is 1. The first-order valence-corrected chi connectivity index (χ1v) is 13.3. The lowest BCUT2D eigenvalue weighted by Crippen LogP contribution is -2.47. The lowest BCUT2D eigenvalue weighted by atomic mass is 10.1. The molecule has 0 unspecified atom stereocenters. The molecule has 0 bridgehead atoms. The Labute approximate surface area is 221 Å². The van der Waals surface area contributed by atoms with Crippen molar-refractivity contribution in [1.29, 1.82) is 0 Å². The molecule has 192 valence electrons. The summed E-state index contributed by atoms with van der Waals surface area (Å²) in [4.78, 5) is 17.6. The van der Waals surface area contributed by atoms with Gasteiger partial charge in [0.2, 0.25) is 5.91 Å². The molecular formula is C29H32N4O3S. The van der Waals surface area contributed by atoms with Crippen LogP contribution >= 0.6 is 11.5 Å². The van der Waals surface area contributed by atoms with E-state index < -0.39 is 0 Å². The Morgan fingerprint density at radius 1 is 0.973 bits per heavy atom. The summed E-state index contributed by atoms with van der Waals surface area (Å²) in [7, 11) is 3.21. The van der Waals surface area contributed by atoms with Gasteiger partial charge in [0.15, 0.2) is 0 Å². The summed E-state index contributed by atoms with van der Waals surface area (Å²) >= 11 is 1.58. The van der Waals surface area contributed by atoms with E-state index in [0.717, 1.165) is 56.2 Å². The second-order valence-corrected chi connectivity index (χ2v) is 9.99. The molecule has 1 fully saturated rings. The fourth-order valence-corrected chi connectivity index (χ4v) is 5.52. The van der Waals surface area contributed by atoms with E-state index in [9.17, 15) is 4.79 Å². The van der Waals surface area contributed by atoms with Crippen molar-refractivity contribution in [3.05, 3.63) is 77.9 Å². The van der Waals surface area contributed by atoms with Crippen LogP contribution in [0.4, 0.5) is 11.5 Å². The second-order valence-electron chi connectivity index (χ2n) is 9.18. The zero-order valence-corrected chi connectivity index (χ0v) is 22.1. The number of aromatic nitrogens is 1. The summed E-state index contributed by atoms with van der Waals surface area (Å²) < 4.78 is 16.6. The molecule has 5 rings (SSSR count). The fraction of sp³-hybridized carbons (Fsp3) is 0.310. The molecule has 3 aromatic carbocycles. The summed E-state index contributed by atoms with van der Waals surface area (Å²) in [6.07, 6.45) is 1.19. The normalized spacial score (nSPS) is 14.1. The first-order valence-electron chi connectivity index (χ1n) is 12.5. The largest absolute Gasteiger partial charge is 0.497 e. The molecule has 1 aromatic heterocycles. The van der Waals surface area contributed by atoms with Gasteiger partial charge in [0.1, 0.15) is 17.3 Å². The molecule has 0 radical (unpaired) electrons. The van der Waals surface area contributed by atoms with Crippen LogP contribution in [-0.2, 0) is 17.6 Å². The highest BCUT2D eigenvalue weighted by Gasteiger charge is 2.20. The Balaban J connectivity index is 1.09. The van der Waals surface area contributed by atoms with Crippen LogP contribution < -0.4 is 19.7 Å². The van der Waals surface area contributed by atoms with E-state index in [-0.39, 0.29) is 12.3 Å². The van der Waals surface area contributed by atoms with Crippen LogP contribution in [0.1, 0.15) is 11.1 Å². The van der Waals surface area contributed by atoms with Gasteiger partial charge < -0.3 is 19.7 Å². The number of ether oxygens (including phenoxy) is 2. The number of rotatable bonds is 9. The summed E-state index contributed by atoms with van der Waals surface area (Å²) in [6.45, 7) is 5.09. The molecule has 1 amide bonds. The molecule has 4 aromatic rings. The molecule has 2 heterocycles. The van der Waals surface area contributed by atoms with Crippen molar-refractivity contribution < 1.29 is 14.3 Å². The van der Waals surface area contributed by atoms with Crippen molar-refractivity contribution in [2.75, 3.05) is 57.2 Å². The van der Waals surface area contributed by atoms with Crippen molar-refractivity contribution in [1.82, 2.24) is 9.27 Å². The van der Waals surface area contributed by atoms with Gasteiger partial charge in [-0.2, -0.15) is 4.37 Å². The van der Waals surface area contributed by atoms with E-state index >= 15 is 0 Å². The molecule has 1 saturated heterocycles. The predicted molar refractivity (Wildman–Crippen MR) is 150 cm³/mol. The van der Waals surface area contributed by atoms with Crippen molar-refractivity contribution in [2.45, 2.75) is 12.8 Å². The zero-order chi connectivity index (χ0) is 25.6. The predicted octanol–water partition coefficient (Wildman–Crippen LogP) is 4.86. The summed E-state index contributed by atoms with van der Waals surface area (Å²) in [6, 6.07) is 22.1. The molecule has 0 spiro atoms. The number of nitrogens with one attached hydrogen (secondary N) is 1. The van der Waals surface area contributed by atoms with Gasteiger partial charge in [0, 0.05) is 49.4 Å². The van der Waals surface area contributed by atoms with Crippen molar-refractivity contribution in [3.63, 3.8) is 0 Å². The van der Waals surface area contributed by atoms with Crippen LogP contribution in [-0.4, -0.2) is 62.1 Å². The Bertz CT molecular complexity index is 1350. The maximum Gasteiger partial charge on any atom is 0.228 e. The Hall–Kier alpha value is -3.62. The van der Waals surface area contributed by atoms with Gasteiger partial charge >= 0.3 is 0 Å². The van der Waals surface area contributed by atoms with Gasteiger partial charge in [0.05, 0.1) is 25.3 Å². The highest BCUT2D eigenvalue weighted by Crippen LogP contribution is 2.30. The van der Waals surface area contributed by atoms with E-state index in [1.807, 2.05) is 30.3 Å². The van der Waals surface area contributed by atoms with Gasteiger partial charge in [-0.25, -0.2) is 0 Å². The topological polar surface area (TPSA) is 66.9 Å².